The molecule has 2 N–H and O–H groups in total. The number of rotatable bonds is 6. The number of aromatic nitrogens is 1. The smallest absolute Gasteiger partial charge is 0.231 e. The summed E-state index contributed by atoms with van der Waals surface area (Å²) in [4.78, 5) is 0. The zero-order valence-electron chi connectivity index (χ0n) is 12.2. The van der Waals surface area contributed by atoms with Gasteiger partial charge in [-0.15, -0.1) is 0 Å². The summed E-state index contributed by atoms with van der Waals surface area (Å²) in [5, 5.41) is 4.11. The lowest BCUT2D eigenvalue weighted by Gasteiger charge is -2.04. The monoisotopic (exact) mass is 288 g/mol. The fraction of sp³-hybridized carbons (Fsp3) is 0.438. The highest BCUT2D eigenvalue weighted by molar-refractivity contribution is 5.77. The second-order valence-corrected chi connectivity index (χ2v) is 5.25. The van der Waals surface area contributed by atoms with Gasteiger partial charge < -0.3 is 19.7 Å². The molecule has 5 nitrogen and oxygen atoms in total. The van der Waals surface area contributed by atoms with E-state index in [4.69, 9.17) is 19.7 Å². The number of hydrogen-bond donors (Lipinski definition) is 1. The van der Waals surface area contributed by atoms with Crippen LogP contribution in [0.4, 0.5) is 5.88 Å². The number of hydrogen-bond acceptors (Lipinski definition) is 5. The minimum Gasteiger partial charge on any atom is -0.454 e. The van der Waals surface area contributed by atoms with Gasteiger partial charge in [-0.05, 0) is 30.5 Å². The number of aryl methyl sites for hydroxylation is 1. The molecular weight excluding hydrogens is 268 g/mol. The van der Waals surface area contributed by atoms with Gasteiger partial charge in [0.05, 0.1) is 11.3 Å². The van der Waals surface area contributed by atoms with Gasteiger partial charge in [0.2, 0.25) is 12.7 Å². The average molecular weight is 288 g/mol. The van der Waals surface area contributed by atoms with E-state index < -0.39 is 0 Å². The second kappa shape index (κ2) is 6.08. The molecule has 2 heterocycles. The number of unbranched alkanes of at least 4 members (excludes halogenated alkanes) is 3. The Hall–Kier alpha value is -2.17. The number of nitrogens with two attached hydrogens (primary N) is 1. The third-order valence-electron chi connectivity index (χ3n) is 3.72. The van der Waals surface area contributed by atoms with Crippen molar-refractivity contribution in [1.29, 1.82) is 0 Å². The quantitative estimate of drug-likeness (QED) is 0.819. The first-order valence-electron chi connectivity index (χ1n) is 7.43. The van der Waals surface area contributed by atoms with E-state index in [1.54, 1.807) is 0 Å². The summed E-state index contributed by atoms with van der Waals surface area (Å²) in [7, 11) is 0. The summed E-state index contributed by atoms with van der Waals surface area (Å²) in [6, 6.07) is 5.79. The Labute approximate surface area is 124 Å². The van der Waals surface area contributed by atoms with Crippen molar-refractivity contribution < 1.29 is 14.0 Å². The van der Waals surface area contributed by atoms with Crippen molar-refractivity contribution >= 4 is 5.88 Å². The van der Waals surface area contributed by atoms with Crippen molar-refractivity contribution in [2.45, 2.75) is 39.0 Å². The Kier molecular flexibility index (Phi) is 3.99. The predicted molar refractivity (Wildman–Crippen MR) is 80.3 cm³/mol. The first-order valence-corrected chi connectivity index (χ1v) is 7.43. The van der Waals surface area contributed by atoms with E-state index in [1.165, 1.54) is 19.3 Å². The van der Waals surface area contributed by atoms with Gasteiger partial charge in [-0.2, -0.15) is 0 Å². The van der Waals surface area contributed by atoms with Crippen molar-refractivity contribution in [3.63, 3.8) is 0 Å². The summed E-state index contributed by atoms with van der Waals surface area (Å²) in [5.41, 5.74) is 8.71. The van der Waals surface area contributed by atoms with Crippen molar-refractivity contribution in [2.24, 2.45) is 0 Å². The molecule has 21 heavy (non-hydrogen) atoms. The second-order valence-electron chi connectivity index (χ2n) is 5.25. The van der Waals surface area contributed by atoms with Crippen molar-refractivity contribution in [3.8, 4) is 22.6 Å². The highest BCUT2D eigenvalue weighted by Gasteiger charge is 2.19. The Balaban J connectivity index is 1.82. The molecule has 0 saturated heterocycles. The molecular formula is C16H20N2O3. The SMILES string of the molecule is CCCCCCc1noc(N)c1-c1ccc2c(c1)OCO2. The Morgan fingerprint density at radius 3 is 2.86 bits per heavy atom. The number of ether oxygens (including phenoxy) is 2. The van der Waals surface area contributed by atoms with Crippen LogP contribution >= 0.6 is 0 Å². The molecule has 0 radical (unpaired) electrons. The molecule has 0 unspecified atom stereocenters. The summed E-state index contributed by atoms with van der Waals surface area (Å²) in [6.07, 6.45) is 5.63. The van der Waals surface area contributed by atoms with Crippen molar-refractivity contribution in [1.82, 2.24) is 5.16 Å². The number of benzene rings is 1. The van der Waals surface area contributed by atoms with Gasteiger partial charge in [-0.3, -0.25) is 0 Å². The van der Waals surface area contributed by atoms with Gasteiger partial charge in [0.1, 0.15) is 0 Å². The van der Waals surface area contributed by atoms with Crippen LogP contribution in [0.5, 0.6) is 11.5 Å². The molecule has 0 fully saturated rings. The third-order valence-corrected chi connectivity index (χ3v) is 3.72. The average Bonchev–Trinajstić information content (AvgIpc) is 3.09. The highest BCUT2D eigenvalue weighted by atomic mass is 16.7. The summed E-state index contributed by atoms with van der Waals surface area (Å²) in [6.45, 7) is 2.47. The van der Waals surface area contributed by atoms with E-state index in [1.807, 2.05) is 18.2 Å². The van der Waals surface area contributed by atoms with Crippen molar-refractivity contribution in [3.05, 3.63) is 23.9 Å². The third kappa shape index (κ3) is 2.82. The lowest BCUT2D eigenvalue weighted by atomic mass is 10.0. The van der Waals surface area contributed by atoms with Crippen LogP contribution in [0.3, 0.4) is 0 Å². The molecule has 3 rings (SSSR count). The standard InChI is InChI=1S/C16H20N2O3/c1-2-3-4-5-6-12-15(16(17)21-18-12)11-7-8-13-14(9-11)20-10-19-13/h7-9H,2-6,10,17H2,1H3. The van der Waals surface area contributed by atoms with Crippen LogP contribution in [0, 0.1) is 0 Å². The zero-order valence-corrected chi connectivity index (χ0v) is 12.2. The van der Waals surface area contributed by atoms with Crippen LogP contribution in [-0.4, -0.2) is 11.9 Å². The predicted octanol–water partition coefficient (Wildman–Crippen LogP) is 3.78. The molecule has 0 saturated carbocycles. The fourth-order valence-corrected chi connectivity index (χ4v) is 2.59. The molecule has 1 aromatic heterocycles. The van der Waals surface area contributed by atoms with Crippen LogP contribution in [0.15, 0.2) is 22.7 Å². The Bertz CT molecular complexity index is 622. The molecule has 0 spiro atoms. The van der Waals surface area contributed by atoms with Crippen LogP contribution in [0.1, 0.15) is 38.3 Å². The highest BCUT2D eigenvalue weighted by Crippen LogP contribution is 2.39. The lowest BCUT2D eigenvalue weighted by molar-refractivity contribution is 0.174. The van der Waals surface area contributed by atoms with Gasteiger partial charge in [0.25, 0.3) is 0 Å². The van der Waals surface area contributed by atoms with Crippen LogP contribution in [0.2, 0.25) is 0 Å². The fourth-order valence-electron chi connectivity index (χ4n) is 2.59. The molecule has 0 aliphatic carbocycles. The van der Waals surface area contributed by atoms with Crippen LogP contribution < -0.4 is 15.2 Å². The summed E-state index contributed by atoms with van der Waals surface area (Å²) in [5.74, 6) is 1.86. The van der Waals surface area contributed by atoms with Gasteiger partial charge in [-0.1, -0.05) is 37.4 Å². The molecule has 1 aliphatic rings. The zero-order chi connectivity index (χ0) is 14.7. The van der Waals surface area contributed by atoms with Gasteiger partial charge >= 0.3 is 0 Å². The van der Waals surface area contributed by atoms with Gasteiger partial charge in [-0.25, -0.2) is 0 Å². The van der Waals surface area contributed by atoms with E-state index in [2.05, 4.69) is 12.1 Å². The van der Waals surface area contributed by atoms with Crippen molar-refractivity contribution in [2.75, 3.05) is 12.5 Å². The van der Waals surface area contributed by atoms with E-state index in [0.29, 0.717) is 5.88 Å². The Morgan fingerprint density at radius 2 is 2.00 bits per heavy atom. The van der Waals surface area contributed by atoms with E-state index in [-0.39, 0.29) is 6.79 Å². The number of fused-ring (bicyclic) bond motifs is 1. The maximum atomic E-state index is 5.95. The normalized spacial score (nSPS) is 12.8. The lowest BCUT2D eigenvalue weighted by Crippen LogP contribution is -1.93. The Morgan fingerprint density at radius 1 is 1.14 bits per heavy atom. The molecule has 0 amide bonds. The molecule has 0 atom stereocenters. The first kappa shape index (κ1) is 13.8. The molecule has 0 bridgehead atoms. The maximum Gasteiger partial charge on any atom is 0.231 e. The van der Waals surface area contributed by atoms with Gasteiger partial charge in [0, 0.05) is 0 Å². The summed E-state index contributed by atoms with van der Waals surface area (Å²) < 4.78 is 15.9. The summed E-state index contributed by atoms with van der Waals surface area (Å²) >= 11 is 0. The molecule has 5 heteroatoms. The molecule has 1 aromatic carbocycles. The maximum absolute atomic E-state index is 5.95. The van der Waals surface area contributed by atoms with E-state index in [9.17, 15) is 0 Å². The number of anilines is 1. The molecule has 1 aliphatic heterocycles. The molecule has 112 valence electrons. The largest absolute Gasteiger partial charge is 0.454 e. The number of nitrogens with zero attached hydrogens (tertiary/aromatic N) is 1. The number of nitrogen functional groups attached to an aromatic ring is 1. The van der Waals surface area contributed by atoms with Crippen LogP contribution in [0.25, 0.3) is 11.1 Å². The first-order chi connectivity index (χ1) is 10.3. The minimum atomic E-state index is 0.266. The topological polar surface area (TPSA) is 70.5 Å². The van der Waals surface area contributed by atoms with Crippen LogP contribution in [-0.2, 0) is 6.42 Å². The minimum absolute atomic E-state index is 0.266. The molecule has 2 aromatic rings. The van der Waals surface area contributed by atoms with E-state index >= 15 is 0 Å². The van der Waals surface area contributed by atoms with Gasteiger partial charge in [0.15, 0.2) is 11.5 Å². The van der Waals surface area contributed by atoms with E-state index in [0.717, 1.165) is 41.2 Å².